The Kier molecular flexibility index (Phi) is 4.80. The number of nitrogens with two attached hydrogens (primary N) is 1. The summed E-state index contributed by atoms with van der Waals surface area (Å²) in [5.41, 5.74) is 5.15. The van der Waals surface area contributed by atoms with E-state index in [0.717, 1.165) is 30.7 Å². The van der Waals surface area contributed by atoms with Crippen LogP contribution in [-0.4, -0.2) is 6.54 Å². The molecule has 0 radical (unpaired) electrons. The Balaban J connectivity index is 2.52. The van der Waals surface area contributed by atoms with Crippen molar-refractivity contribution >= 4 is 0 Å². The third-order valence-electron chi connectivity index (χ3n) is 2.46. The van der Waals surface area contributed by atoms with Gasteiger partial charge < -0.3 is 5.73 Å². The van der Waals surface area contributed by atoms with Crippen LogP contribution in [-0.2, 0) is 5.92 Å². The Morgan fingerprint density at radius 1 is 1.00 bits per heavy atom. The molecule has 1 rings (SSSR count). The molecule has 90 valence electrons. The first-order chi connectivity index (χ1) is 7.56. The minimum absolute atomic E-state index is 0.123. The first kappa shape index (κ1) is 13.0. The number of hydrogen-bond acceptors (Lipinski definition) is 1. The van der Waals surface area contributed by atoms with Crippen LogP contribution in [0.4, 0.5) is 13.2 Å². The molecule has 0 aliphatic heterocycles. The summed E-state index contributed by atoms with van der Waals surface area (Å²) in [4.78, 5) is 0. The number of unbranched alkanes of at least 4 members (excludes halogenated alkanes) is 2. The van der Waals surface area contributed by atoms with Gasteiger partial charge in [-0.1, -0.05) is 18.6 Å². The normalized spacial score (nSPS) is 11.8. The van der Waals surface area contributed by atoms with Gasteiger partial charge in [-0.25, -0.2) is 13.2 Å². The van der Waals surface area contributed by atoms with Gasteiger partial charge in [0, 0.05) is 12.0 Å². The van der Waals surface area contributed by atoms with Crippen molar-refractivity contribution in [2.24, 2.45) is 5.73 Å². The molecular formula is C12H16F3N. The van der Waals surface area contributed by atoms with Gasteiger partial charge in [0.2, 0.25) is 0 Å². The highest BCUT2D eigenvalue weighted by atomic mass is 19.3. The van der Waals surface area contributed by atoms with E-state index in [1.165, 1.54) is 0 Å². The molecule has 0 saturated heterocycles. The Morgan fingerprint density at radius 2 is 1.62 bits per heavy atom. The molecule has 16 heavy (non-hydrogen) atoms. The molecule has 0 unspecified atom stereocenters. The highest BCUT2D eigenvalue weighted by Crippen LogP contribution is 2.33. The van der Waals surface area contributed by atoms with E-state index >= 15 is 0 Å². The van der Waals surface area contributed by atoms with E-state index in [1.807, 2.05) is 0 Å². The van der Waals surface area contributed by atoms with Crippen molar-refractivity contribution in [1.29, 1.82) is 0 Å². The standard InChI is InChI=1S/C12H16F3N/c13-11-6-4-10(5-7-11)12(14,15)8-2-1-3-9-16/h4-7H,1-3,8-9,16H2. The molecule has 1 nitrogen and oxygen atoms in total. The second-order valence-electron chi connectivity index (χ2n) is 3.81. The molecule has 0 amide bonds. The summed E-state index contributed by atoms with van der Waals surface area (Å²) in [6.07, 6.45) is 1.69. The summed E-state index contributed by atoms with van der Waals surface area (Å²) < 4.78 is 39.7. The molecular weight excluding hydrogens is 215 g/mol. The fourth-order valence-electron chi connectivity index (χ4n) is 1.51. The van der Waals surface area contributed by atoms with E-state index in [0.29, 0.717) is 19.4 Å². The third kappa shape index (κ3) is 3.85. The molecule has 0 spiro atoms. The first-order valence-electron chi connectivity index (χ1n) is 5.40. The van der Waals surface area contributed by atoms with Crippen LogP contribution in [0.2, 0.25) is 0 Å². The van der Waals surface area contributed by atoms with Crippen LogP contribution in [0.3, 0.4) is 0 Å². The van der Waals surface area contributed by atoms with Gasteiger partial charge in [0.1, 0.15) is 5.82 Å². The molecule has 0 atom stereocenters. The fraction of sp³-hybridized carbons (Fsp3) is 0.500. The molecule has 0 aliphatic rings. The number of benzene rings is 1. The summed E-state index contributed by atoms with van der Waals surface area (Å²) in [7, 11) is 0. The quantitative estimate of drug-likeness (QED) is 0.746. The highest BCUT2D eigenvalue weighted by molar-refractivity contribution is 5.20. The maximum Gasteiger partial charge on any atom is 0.273 e. The Morgan fingerprint density at radius 3 is 2.19 bits per heavy atom. The van der Waals surface area contributed by atoms with E-state index in [-0.39, 0.29) is 12.0 Å². The van der Waals surface area contributed by atoms with Crippen molar-refractivity contribution < 1.29 is 13.2 Å². The number of alkyl halides is 2. The average Bonchev–Trinajstić information content (AvgIpc) is 2.25. The molecule has 0 fully saturated rings. The average molecular weight is 231 g/mol. The fourth-order valence-corrected chi connectivity index (χ4v) is 1.51. The van der Waals surface area contributed by atoms with E-state index in [2.05, 4.69) is 0 Å². The predicted octanol–water partition coefficient (Wildman–Crippen LogP) is 3.44. The molecule has 0 heterocycles. The maximum atomic E-state index is 13.6. The summed E-state index contributed by atoms with van der Waals surface area (Å²) in [5.74, 6) is -3.37. The largest absolute Gasteiger partial charge is 0.330 e. The SMILES string of the molecule is NCCCCCC(F)(F)c1ccc(F)cc1. The van der Waals surface area contributed by atoms with Gasteiger partial charge >= 0.3 is 0 Å². The molecule has 2 N–H and O–H groups in total. The van der Waals surface area contributed by atoms with Gasteiger partial charge in [-0.3, -0.25) is 0 Å². The third-order valence-corrected chi connectivity index (χ3v) is 2.46. The lowest BCUT2D eigenvalue weighted by atomic mass is 10.0. The minimum Gasteiger partial charge on any atom is -0.330 e. The van der Waals surface area contributed by atoms with Crippen LogP contribution in [0.25, 0.3) is 0 Å². The summed E-state index contributed by atoms with van der Waals surface area (Å²) in [6.45, 7) is 0.530. The van der Waals surface area contributed by atoms with Gasteiger partial charge in [-0.15, -0.1) is 0 Å². The summed E-state index contributed by atoms with van der Waals surface area (Å²) >= 11 is 0. The van der Waals surface area contributed by atoms with Crippen LogP contribution in [0.5, 0.6) is 0 Å². The topological polar surface area (TPSA) is 26.0 Å². The maximum absolute atomic E-state index is 13.6. The monoisotopic (exact) mass is 231 g/mol. The zero-order chi connectivity index (χ0) is 12.0. The van der Waals surface area contributed by atoms with Crippen molar-refractivity contribution in [1.82, 2.24) is 0 Å². The lowest BCUT2D eigenvalue weighted by molar-refractivity contribution is -0.0158. The van der Waals surface area contributed by atoms with E-state index in [1.54, 1.807) is 0 Å². The number of rotatable bonds is 6. The van der Waals surface area contributed by atoms with Crippen LogP contribution in [0.1, 0.15) is 31.2 Å². The van der Waals surface area contributed by atoms with Crippen LogP contribution in [0.15, 0.2) is 24.3 Å². The molecule has 1 aromatic rings. The molecule has 0 saturated carbocycles. The van der Waals surface area contributed by atoms with Gasteiger partial charge in [0.05, 0.1) is 0 Å². The van der Waals surface area contributed by atoms with Crippen LogP contribution in [0, 0.1) is 5.82 Å². The van der Waals surface area contributed by atoms with Crippen molar-refractivity contribution in [3.05, 3.63) is 35.6 Å². The lowest BCUT2D eigenvalue weighted by Crippen LogP contribution is -2.13. The van der Waals surface area contributed by atoms with Gasteiger partial charge in [0.25, 0.3) is 5.92 Å². The van der Waals surface area contributed by atoms with Crippen molar-refractivity contribution in [3.63, 3.8) is 0 Å². The Bertz CT molecular complexity index is 309. The molecule has 0 aliphatic carbocycles. The second kappa shape index (κ2) is 5.89. The van der Waals surface area contributed by atoms with Gasteiger partial charge in [-0.2, -0.15) is 0 Å². The smallest absolute Gasteiger partial charge is 0.273 e. The van der Waals surface area contributed by atoms with Crippen molar-refractivity contribution in [3.8, 4) is 0 Å². The number of halogens is 3. The lowest BCUT2D eigenvalue weighted by Gasteiger charge is -2.16. The van der Waals surface area contributed by atoms with Crippen molar-refractivity contribution in [2.75, 3.05) is 6.54 Å². The van der Waals surface area contributed by atoms with E-state index in [9.17, 15) is 13.2 Å². The Labute approximate surface area is 93.5 Å². The van der Waals surface area contributed by atoms with E-state index < -0.39 is 11.7 Å². The summed E-state index contributed by atoms with van der Waals surface area (Å²) in [5, 5.41) is 0. The first-order valence-corrected chi connectivity index (χ1v) is 5.40. The van der Waals surface area contributed by atoms with E-state index in [4.69, 9.17) is 5.73 Å². The molecule has 1 aromatic carbocycles. The van der Waals surface area contributed by atoms with Crippen LogP contribution >= 0.6 is 0 Å². The predicted molar refractivity (Wildman–Crippen MR) is 57.8 cm³/mol. The Hall–Kier alpha value is -1.03. The second-order valence-corrected chi connectivity index (χ2v) is 3.81. The van der Waals surface area contributed by atoms with Crippen LogP contribution < -0.4 is 5.73 Å². The minimum atomic E-state index is -2.87. The molecule has 0 bridgehead atoms. The number of hydrogen-bond donors (Lipinski definition) is 1. The zero-order valence-electron chi connectivity index (χ0n) is 9.06. The van der Waals surface area contributed by atoms with Gasteiger partial charge in [0.15, 0.2) is 0 Å². The molecule has 0 aromatic heterocycles. The van der Waals surface area contributed by atoms with Crippen molar-refractivity contribution in [2.45, 2.75) is 31.6 Å². The summed E-state index contributed by atoms with van der Waals surface area (Å²) in [6, 6.07) is 4.39. The molecule has 4 heteroatoms. The highest BCUT2D eigenvalue weighted by Gasteiger charge is 2.30. The van der Waals surface area contributed by atoms with Gasteiger partial charge in [-0.05, 0) is 31.5 Å². The zero-order valence-corrected chi connectivity index (χ0v) is 9.06.